The number of para-hydroxylation sites is 1. The van der Waals surface area contributed by atoms with Crippen LogP contribution in [0.4, 0.5) is 28.4 Å². The molecule has 14 heteroatoms. The zero-order valence-corrected chi connectivity index (χ0v) is 20.1. The van der Waals surface area contributed by atoms with Gasteiger partial charge in [-0.25, -0.2) is 14.6 Å². The molecule has 0 radical (unpaired) electrons. The Hall–Kier alpha value is -3.81. The summed E-state index contributed by atoms with van der Waals surface area (Å²) in [6.45, 7) is 3.42. The fourth-order valence-corrected chi connectivity index (χ4v) is 4.71. The van der Waals surface area contributed by atoms with E-state index < -0.39 is 53.0 Å². The zero-order chi connectivity index (χ0) is 27.1. The molecule has 1 aromatic carbocycles. The van der Waals surface area contributed by atoms with Crippen LogP contribution >= 0.6 is 0 Å². The summed E-state index contributed by atoms with van der Waals surface area (Å²) in [6.07, 6.45) is -4.28. The van der Waals surface area contributed by atoms with Gasteiger partial charge >= 0.3 is 18.4 Å². The topological polar surface area (TPSA) is 150 Å². The Labute approximate surface area is 210 Å². The molecule has 3 aliphatic rings. The first-order valence-electron chi connectivity index (χ1n) is 11.6. The number of amides is 3. The van der Waals surface area contributed by atoms with Gasteiger partial charge in [-0.05, 0) is 38.8 Å². The van der Waals surface area contributed by atoms with E-state index in [1.807, 2.05) is 0 Å². The Morgan fingerprint density at radius 2 is 1.95 bits per heavy atom. The number of nitrogens with zero attached hydrogens (tertiary/aromatic N) is 3. The number of anilines is 1. The number of nitrogens with one attached hydrogen (secondary N) is 2. The summed E-state index contributed by atoms with van der Waals surface area (Å²) in [4.78, 5) is 43.3. The monoisotopic (exact) mass is 524 g/mol. The van der Waals surface area contributed by atoms with Gasteiger partial charge in [0.15, 0.2) is 5.76 Å². The van der Waals surface area contributed by atoms with Crippen molar-refractivity contribution < 1.29 is 37.4 Å². The van der Waals surface area contributed by atoms with Gasteiger partial charge in [0.2, 0.25) is 5.96 Å². The van der Waals surface area contributed by atoms with Gasteiger partial charge in [0.25, 0.3) is 5.91 Å². The van der Waals surface area contributed by atoms with E-state index in [1.54, 1.807) is 13.8 Å². The lowest BCUT2D eigenvalue weighted by atomic mass is 10.0. The fourth-order valence-electron chi connectivity index (χ4n) is 4.71. The molecule has 37 heavy (non-hydrogen) atoms. The van der Waals surface area contributed by atoms with Gasteiger partial charge in [-0.3, -0.25) is 14.6 Å². The standard InChI is InChI=1S/C23H27F3N6O5/c1-22(2)11-31(20(34)30-22)19-28-10-15(37-21(35)36)17(27)32(19)16-13(8-5-9-14(16)23(24,25)26)18(33)29-12-6-3-4-7-12/h5,8-10,12,17H,3-4,6-7,11,27H2,1-2H3,(H,29,33)(H,30,34)(H,35,36). The van der Waals surface area contributed by atoms with Crippen molar-refractivity contribution in [3.63, 3.8) is 0 Å². The molecule has 1 aliphatic carbocycles. The van der Waals surface area contributed by atoms with E-state index in [2.05, 4.69) is 20.4 Å². The number of halogens is 3. The number of hydrogen-bond donors (Lipinski definition) is 4. The number of rotatable bonds is 4. The average Bonchev–Trinajstić information content (AvgIpc) is 3.39. The van der Waals surface area contributed by atoms with Gasteiger partial charge in [0, 0.05) is 6.04 Å². The lowest BCUT2D eigenvalue weighted by Gasteiger charge is -2.39. The predicted molar refractivity (Wildman–Crippen MR) is 126 cm³/mol. The molecule has 3 amide bonds. The third-order valence-corrected chi connectivity index (χ3v) is 6.30. The first kappa shape index (κ1) is 26.3. The number of aliphatic imine (C=N–C) groups is 1. The van der Waals surface area contributed by atoms with Gasteiger partial charge in [-0.2, -0.15) is 13.2 Å². The van der Waals surface area contributed by atoms with E-state index in [1.165, 1.54) is 6.07 Å². The van der Waals surface area contributed by atoms with Crippen molar-refractivity contribution in [3.05, 3.63) is 41.3 Å². The van der Waals surface area contributed by atoms with Crippen molar-refractivity contribution in [3.8, 4) is 0 Å². The van der Waals surface area contributed by atoms with Crippen LogP contribution in [-0.4, -0.2) is 58.4 Å². The van der Waals surface area contributed by atoms with Crippen molar-refractivity contribution >= 4 is 29.7 Å². The van der Waals surface area contributed by atoms with Crippen LogP contribution in [0.1, 0.15) is 55.5 Å². The molecule has 1 saturated carbocycles. The first-order chi connectivity index (χ1) is 17.3. The number of hydrogen-bond acceptors (Lipinski definition) is 7. The summed E-state index contributed by atoms with van der Waals surface area (Å²) < 4.78 is 47.6. The van der Waals surface area contributed by atoms with E-state index in [9.17, 15) is 27.6 Å². The SMILES string of the molecule is CC1(C)CN(C2=NC=C(OC(=O)O)C(N)N2c2c(C(=O)NC3CCCC3)cccc2C(F)(F)F)C(=O)N1. The lowest BCUT2D eigenvalue weighted by Crippen LogP contribution is -2.57. The summed E-state index contributed by atoms with van der Waals surface area (Å²) >= 11 is 0. The van der Waals surface area contributed by atoms with Crippen LogP contribution in [0.5, 0.6) is 0 Å². The van der Waals surface area contributed by atoms with Crippen LogP contribution in [0.15, 0.2) is 35.2 Å². The van der Waals surface area contributed by atoms with Crippen LogP contribution in [0, 0.1) is 0 Å². The molecule has 2 aliphatic heterocycles. The summed E-state index contributed by atoms with van der Waals surface area (Å²) in [5, 5.41) is 14.6. The number of carboxylic acid groups (broad SMARTS) is 1. The Kier molecular flexibility index (Phi) is 6.79. The number of carbonyl (C=O) groups excluding carboxylic acids is 2. The molecule has 0 spiro atoms. The van der Waals surface area contributed by atoms with E-state index in [0.29, 0.717) is 12.8 Å². The fraction of sp³-hybridized carbons (Fsp3) is 0.478. The number of nitrogens with two attached hydrogens (primary N) is 1. The minimum absolute atomic E-state index is 0.00857. The number of ether oxygens (including phenoxy) is 1. The smallest absolute Gasteiger partial charge is 0.449 e. The lowest BCUT2D eigenvalue weighted by molar-refractivity contribution is -0.137. The van der Waals surface area contributed by atoms with Crippen LogP contribution in [0.25, 0.3) is 0 Å². The predicted octanol–water partition coefficient (Wildman–Crippen LogP) is 3.18. The van der Waals surface area contributed by atoms with Crippen molar-refractivity contribution in [1.29, 1.82) is 0 Å². The number of guanidine groups is 1. The number of carbonyl (C=O) groups is 3. The molecule has 0 bridgehead atoms. The van der Waals surface area contributed by atoms with Crippen molar-refractivity contribution in [1.82, 2.24) is 15.5 Å². The third kappa shape index (κ3) is 5.33. The highest BCUT2D eigenvalue weighted by atomic mass is 19.4. The van der Waals surface area contributed by atoms with Gasteiger partial charge in [0.1, 0.15) is 6.17 Å². The molecular weight excluding hydrogens is 497 g/mol. The van der Waals surface area contributed by atoms with E-state index >= 15 is 0 Å². The Morgan fingerprint density at radius 1 is 1.27 bits per heavy atom. The molecule has 2 heterocycles. The van der Waals surface area contributed by atoms with E-state index in [0.717, 1.165) is 41.0 Å². The molecule has 1 aromatic rings. The van der Waals surface area contributed by atoms with Crippen LogP contribution in [-0.2, 0) is 10.9 Å². The number of urea groups is 1. The summed E-state index contributed by atoms with van der Waals surface area (Å²) in [7, 11) is 0. The second-order valence-corrected chi connectivity index (χ2v) is 9.70. The Balaban J connectivity index is 1.89. The molecule has 1 unspecified atom stereocenters. The molecule has 11 nitrogen and oxygen atoms in total. The second-order valence-electron chi connectivity index (χ2n) is 9.70. The minimum Gasteiger partial charge on any atom is -0.449 e. The molecule has 2 fully saturated rings. The summed E-state index contributed by atoms with van der Waals surface area (Å²) in [6, 6.07) is 2.23. The van der Waals surface area contributed by atoms with Crippen LogP contribution < -0.4 is 21.3 Å². The summed E-state index contributed by atoms with van der Waals surface area (Å²) in [5.41, 5.74) is 3.24. The van der Waals surface area contributed by atoms with Crippen molar-refractivity contribution in [2.24, 2.45) is 10.7 Å². The minimum atomic E-state index is -4.94. The van der Waals surface area contributed by atoms with Gasteiger partial charge in [-0.1, -0.05) is 18.9 Å². The van der Waals surface area contributed by atoms with Crippen molar-refractivity contribution in [2.75, 3.05) is 11.4 Å². The molecule has 200 valence electrons. The highest BCUT2D eigenvalue weighted by Crippen LogP contribution is 2.41. The molecule has 1 atom stereocenters. The number of benzene rings is 1. The van der Waals surface area contributed by atoms with Gasteiger partial charge < -0.3 is 26.2 Å². The molecule has 5 N–H and O–H groups in total. The molecule has 0 aromatic heterocycles. The van der Waals surface area contributed by atoms with E-state index in [-0.39, 0.29) is 24.1 Å². The maximum absolute atomic E-state index is 14.3. The van der Waals surface area contributed by atoms with Gasteiger partial charge in [0.05, 0.1) is 35.1 Å². The molecule has 4 rings (SSSR count). The normalized spacial score (nSPS) is 21.9. The maximum atomic E-state index is 14.3. The average molecular weight is 525 g/mol. The Morgan fingerprint density at radius 3 is 2.51 bits per heavy atom. The van der Waals surface area contributed by atoms with Crippen molar-refractivity contribution in [2.45, 2.75) is 63.5 Å². The molecule has 1 saturated heterocycles. The molecular formula is C23H27F3N6O5. The van der Waals surface area contributed by atoms with Crippen LogP contribution in [0.2, 0.25) is 0 Å². The highest BCUT2D eigenvalue weighted by molar-refractivity contribution is 6.12. The third-order valence-electron chi connectivity index (χ3n) is 6.30. The largest absolute Gasteiger partial charge is 0.511 e. The number of alkyl halides is 3. The van der Waals surface area contributed by atoms with Gasteiger partial charge in [-0.15, -0.1) is 0 Å². The summed E-state index contributed by atoms with van der Waals surface area (Å²) in [5.74, 6) is -1.57. The van der Waals surface area contributed by atoms with Crippen LogP contribution in [0.3, 0.4) is 0 Å². The highest BCUT2D eigenvalue weighted by Gasteiger charge is 2.46. The first-order valence-corrected chi connectivity index (χ1v) is 11.6. The maximum Gasteiger partial charge on any atom is 0.511 e. The Bertz CT molecular complexity index is 1180. The van der Waals surface area contributed by atoms with E-state index in [4.69, 9.17) is 10.8 Å². The quantitative estimate of drug-likeness (QED) is 0.442. The second kappa shape index (κ2) is 9.57. The zero-order valence-electron chi connectivity index (χ0n) is 20.1.